The van der Waals surface area contributed by atoms with Crippen LogP contribution in [0.3, 0.4) is 0 Å². The Kier molecular flexibility index (Phi) is 3.58. The van der Waals surface area contributed by atoms with Crippen LogP contribution in [-0.2, 0) is 0 Å². The fourth-order valence-electron chi connectivity index (χ4n) is 1.31. The number of rotatable bonds is 2. The van der Waals surface area contributed by atoms with Gasteiger partial charge in [0.05, 0.1) is 17.4 Å². The number of aromatic nitrogens is 1. The molecule has 3 N–H and O–H groups in total. The first kappa shape index (κ1) is 11.8. The number of benzene rings is 1. The summed E-state index contributed by atoms with van der Waals surface area (Å²) in [6, 6.07) is 10.7. The normalized spacial score (nSPS) is 9.94. The highest BCUT2D eigenvalue weighted by Crippen LogP contribution is 2.14. The summed E-state index contributed by atoms with van der Waals surface area (Å²) in [5, 5.41) is 2.72. The third-order valence-electron chi connectivity index (χ3n) is 2.15. The maximum atomic E-state index is 11.9. The fourth-order valence-corrected chi connectivity index (χ4v) is 1.94. The lowest BCUT2D eigenvalue weighted by molar-refractivity contribution is 0.102. The highest BCUT2D eigenvalue weighted by atomic mass is 127. The first-order valence-electron chi connectivity index (χ1n) is 4.94. The van der Waals surface area contributed by atoms with Crippen molar-refractivity contribution in [3.05, 3.63) is 51.7 Å². The number of hydrogen-bond donors (Lipinski definition) is 2. The fraction of sp³-hybridized carbons (Fsp3) is 0. The van der Waals surface area contributed by atoms with Gasteiger partial charge >= 0.3 is 0 Å². The van der Waals surface area contributed by atoms with Crippen LogP contribution in [0.4, 0.5) is 11.5 Å². The van der Waals surface area contributed by atoms with Gasteiger partial charge in [-0.3, -0.25) is 4.79 Å². The zero-order valence-corrected chi connectivity index (χ0v) is 11.0. The monoisotopic (exact) mass is 339 g/mol. The van der Waals surface area contributed by atoms with Crippen molar-refractivity contribution < 1.29 is 4.79 Å². The Morgan fingerprint density at radius 2 is 2.00 bits per heavy atom. The quantitative estimate of drug-likeness (QED) is 0.827. The van der Waals surface area contributed by atoms with Crippen LogP contribution in [-0.4, -0.2) is 10.9 Å². The van der Waals surface area contributed by atoms with Crippen molar-refractivity contribution in [3.8, 4) is 0 Å². The van der Waals surface area contributed by atoms with E-state index in [0.29, 0.717) is 17.1 Å². The second-order valence-electron chi connectivity index (χ2n) is 3.41. The maximum Gasteiger partial charge on any atom is 0.257 e. The minimum atomic E-state index is -0.174. The van der Waals surface area contributed by atoms with Gasteiger partial charge in [0.1, 0.15) is 5.82 Å². The number of nitrogens with one attached hydrogen (secondary N) is 1. The molecule has 1 amide bonds. The van der Waals surface area contributed by atoms with E-state index in [-0.39, 0.29) is 5.91 Å². The number of carbonyl (C=O) groups is 1. The Morgan fingerprint density at radius 3 is 2.65 bits per heavy atom. The summed E-state index contributed by atoms with van der Waals surface area (Å²) < 4.78 is 0.901. The molecule has 0 aliphatic carbocycles. The van der Waals surface area contributed by atoms with Crippen LogP contribution in [0.15, 0.2) is 42.6 Å². The number of nitrogens with two attached hydrogens (primary N) is 1. The number of nitrogen functional groups attached to an aromatic ring is 1. The Hall–Kier alpha value is -1.63. The molecule has 86 valence electrons. The molecule has 1 heterocycles. The number of amides is 1. The molecule has 4 nitrogen and oxygen atoms in total. The molecule has 5 heteroatoms. The average Bonchev–Trinajstić information content (AvgIpc) is 2.32. The summed E-state index contributed by atoms with van der Waals surface area (Å²) in [5.74, 6) is 0.316. The average molecular weight is 339 g/mol. The molecule has 0 saturated carbocycles. The molecule has 0 unspecified atom stereocenters. The number of halogens is 1. The van der Waals surface area contributed by atoms with Crippen LogP contribution in [0.1, 0.15) is 10.4 Å². The Morgan fingerprint density at radius 1 is 1.24 bits per heavy atom. The van der Waals surface area contributed by atoms with Crippen LogP contribution in [0.2, 0.25) is 0 Å². The van der Waals surface area contributed by atoms with Gasteiger partial charge in [-0.25, -0.2) is 4.98 Å². The van der Waals surface area contributed by atoms with E-state index in [2.05, 4.69) is 32.9 Å². The first-order valence-corrected chi connectivity index (χ1v) is 6.02. The lowest BCUT2D eigenvalue weighted by atomic mass is 10.2. The van der Waals surface area contributed by atoms with E-state index >= 15 is 0 Å². The Bertz CT molecular complexity index is 540. The van der Waals surface area contributed by atoms with E-state index in [1.807, 2.05) is 18.2 Å². The second-order valence-corrected chi connectivity index (χ2v) is 4.57. The van der Waals surface area contributed by atoms with Crippen LogP contribution >= 0.6 is 22.6 Å². The first-order chi connectivity index (χ1) is 8.16. The lowest BCUT2D eigenvalue weighted by Crippen LogP contribution is -2.14. The van der Waals surface area contributed by atoms with Crippen LogP contribution < -0.4 is 11.1 Å². The van der Waals surface area contributed by atoms with E-state index in [9.17, 15) is 4.79 Å². The van der Waals surface area contributed by atoms with Crippen molar-refractivity contribution in [1.29, 1.82) is 0 Å². The standard InChI is InChI=1S/C12H10IN3O/c13-10-4-2-1-3-9(10)12(17)16-11-6-5-8(14)7-15-11/h1-7H,14H2,(H,15,16,17). The van der Waals surface area contributed by atoms with Crippen LogP contribution in [0.5, 0.6) is 0 Å². The van der Waals surface area contributed by atoms with Crippen molar-refractivity contribution in [3.63, 3.8) is 0 Å². The van der Waals surface area contributed by atoms with Gasteiger partial charge in [0, 0.05) is 3.57 Å². The number of carbonyl (C=O) groups excluding carboxylic acids is 1. The van der Waals surface area contributed by atoms with Crippen molar-refractivity contribution in [1.82, 2.24) is 4.98 Å². The second kappa shape index (κ2) is 5.13. The Labute approximate surface area is 112 Å². The molecule has 1 aromatic carbocycles. The van der Waals surface area contributed by atoms with Crippen LogP contribution in [0.25, 0.3) is 0 Å². The minimum absolute atomic E-state index is 0.174. The van der Waals surface area contributed by atoms with Gasteiger partial charge in [0.25, 0.3) is 5.91 Å². The van der Waals surface area contributed by atoms with Crippen molar-refractivity contribution >= 4 is 40.0 Å². The minimum Gasteiger partial charge on any atom is -0.397 e. The third-order valence-corrected chi connectivity index (χ3v) is 3.09. The zero-order valence-electron chi connectivity index (χ0n) is 8.85. The molecule has 0 aliphatic heterocycles. The summed E-state index contributed by atoms with van der Waals surface area (Å²) in [4.78, 5) is 15.9. The molecule has 2 rings (SSSR count). The van der Waals surface area contributed by atoms with Crippen molar-refractivity contribution in [2.24, 2.45) is 0 Å². The lowest BCUT2D eigenvalue weighted by Gasteiger charge is -2.05. The molecule has 1 aromatic heterocycles. The molecule has 0 atom stereocenters. The molecule has 0 bridgehead atoms. The van der Waals surface area contributed by atoms with Crippen LogP contribution in [0, 0.1) is 3.57 Å². The molecule has 0 fully saturated rings. The highest BCUT2D eigenvalue weighted by Gasteiger charge is 2.09. The third kappa shape index (κ3) is 2.94. The SMILES string of the molecule is Nc1ccc(NC(=O)c2ccccc2I)nc1. The van der Waals surface area contributed by atoms with E-state index in [4.69, 9.17) is 5.73 Å². The largest absolute Gasteiger partial charge is 0.397 e. The van der Waals surface area contributed by atoms with Gasteiger partial charge in [0.2, 0.25) is 0 Å². The van der Waals surface area contributed by atoms with Gasteiger partial charge in [0.15, 0.2) is 0 Å². The van der Waals surface area contributed by atoms with Gasteiger partial charge < -0.3 is 11.1 Å². The maximum absolute atomic E-state index is 11.9. The summed E-state index contributed by atoms with van der Waals surface area (Å²) in [6.07, 6.45) is 1.51. The number of nitrogens with zero attached hydrogens (tertiary/aromatic N) is 1. The van der Waals surface area contributed by atoms with Crippen molar-refractivity contribution in [2.75, 3.05) is 11.1 Å². The van der Waals surface area contributed by atoms with Gasteiger partial charge in [-0.15, -0.1) is 0 Å². The smallest absolute Gasteiger partial charge is 0.257 e. The summed E-state index contributed by atoms with van der Waals surface area (Å²) in [7, 11) is 0. The predicted molar refractivity (Wildman–Crippen MR) is 75.8 cm³/mol. The van der Waals surface area contributed by atoms with Gasteiger partial charge in [-0.2, -0.15) is 0 Å². The van der Waals surface area contributed by atoms with Crippen molar-refractivity contribution in [2.45, 2.75) is 0 Å². The van der Waals surface area contributed by atoms with Gasteiger partial charge in [-0.05, 0) is 46.9 Å². The Balaban J connectivity index is 2.17. The number of pyridine rings is 1. The molecule has 0 aliphatic rings. The topological polar surface area (TPSA) is 68.0 Å². The number of anilines is 2. The highest BCUT2D eigenvalue weighted by molar-refractivity contribution is 14.1. The molecular weight excluding hydrogens is 329 g/mol. The van der Waals surface area contributed by atoms with Gasteiger partial charge in [-0.1, -0.05) is 12.1 Å². The van der Waals surface area contributed by atoms with E-state index in [0.717, 1.165) is 3.57 Å². The summed E-state index contributed by atoms with van der Waals surface area (Å²) in [5.41, 5.74) is 6.71. The zero-order chi connectivity index (χ0) is 12.3. The summed E-state index contributed by atoms with van der Waals surface area (Å²) >= 11 is 2.12. The number of hydrogen-bond acceptors (Lipinski definition) is 3. The van der Waals surface area contributed by atoms with E-state index < -0.39 is 0 Å². The van der Waals surface area contributed by atoms with E-state index in [1.54, 1.807) is 18.2 Å². The predicted octanol–water partition coefficient (Wildman–Crippen LogP) is 2.52. The molecule has 0 spiro atoms. The molecule has 17 heavy (non-hydrogen) atoms. The molecule has 0 saturated heterocycles. The molecule has 0 radical (unpaired) electrons. The van der Waals surface area contributed by atoms with E-state index in [1.165, 1.54) is 6.20 Å². The summed E-state index contributed by atoms with van der Waals surface area (Å²) in [6.45, 7) is 0. The molecule has 2 aromatic rings. The molecular formula is C12H10IN3O.